The average molecular weight is 336 g/mol. The maximum absolute atomic E-state index is 13.3. The van der Waals surface area contributed by atoms with Crippen LogP contribution in [0.2, 0.25) is 0 Å². The predicted octanol–water partition coefficient (Wildman–Crippen LogP) is 2.61. The van der Waals surface area contributed by atoms with Crippen molar-refractivity contribution in [1.29, 1.82) is 0 Å². The maximum Gasteiger partial charge on any atom is 0.234 e. The number of para-hydroxylation sites is 2. The van der Waals surface area contributed by atoms with Gasteiger partial charge in [0.15, 0.2) is 0 Å². The van der Waals surface area contributed by atoms with Crippen LogP contribution in [-0.4, -0.2) is 47.8 Å². The Bertz CT molecular complexity index is 780. The Kier molecular flexibility index (Phi) is 3.92. The van der Waals surface area contributed by atoms with Crippen LogP contribution >= 0.6 is 0 Å². The zero-order chi connectivity index (χ0) is 17.4. The van der Waals surface area contributed by atoms with Gasteiger partial charge in [0.05, 0.1) is 5.92 Å². The van der Waals surface area contributed by atoms with Crippen LogP contribution in [0, 0.1) is 0 Å². The van der Waals surface area contributed by atoms with Crippen LogP contribution in [0.3, 0.4) is 0 Å². The maximum atomic E-state index is 13.3. The highest BCUT2D eigenvalue weighted by Gasteiger charge is 2.36. The van der Waals surface area contributed by atoms with E-state index in [4.69, 9.17) is 4.74 Å². The zero-order valence-corrected chi connectivity index (χ0v) is 14.1. The first-order chi connectivity index (χ1) is 12.1. The van der Waals surface area contributed by atoms with E-state index in [-0.39, 0.29) is 17.7 Å². The van der Waals surface area contributed by atoms with Gasteiger partial charge in [0.2, 0.25) is 11.8 Å². The molecule has 128 valence electrons. The monoisotopic (exact) mass is 336 g/mol. The van der Waals surface area contributed by atoms with E-state index in [1.54, 1.807) is 11.8 Å². The van der Waals surface area contributed by atoms with Gasteiger partial charge < -0.3 is 14.5 Å². The molecule has 2 heterocycles. The number of ether oxygens (including phenoxy) is 1. The third kappa shape index (κ3) is 2.76. The molecule has 2 aromatic rings. The average Bonchev–Trinajstić information content (AvgIpc) is 2.65. The van der Waals surface area contributed by atoms with Crippen molar-refractivity contribution in [1.82, 2.24) is 9.80 Å². The summed E-state index contributed by atoms with van der Waals surface area (Å²) < 4.78 is 5.97. The molecular weight excluding hydrogens is 316 g/mol. The highest BCUT2D eigenvalue weighted by molar-refractivity contribution is 5.90. The lowest BCUT2D eigenvalue weighted by Gasteiger charge is -2.37. The molecule has 4 rings (SSSR count). The summed E-state index contributed by atoms with van der Waals surface area (Å²) in [5.41, 5.74) is 1.81. The second kappa shape index (κ2) is 6.24. The molecular formula is C20H20N2O3. The van der Waals surface area contributed by atoms with E-state index in [2.05, 4.69) is 0 Å². The molecule has 2 aromatic carbocycles. The van der Waals surface area contributed by atoms with Crippen molar-refractivity contribution < 1.29 is 14.3 Å². The predicted molar refractivity (Wildman–Crippen MR) is 93.6 cm³/mol. The minimum absolute atomic E-state index is 0.0638. The van der Waals surface area contributed by atoms with Gasteiger partial charge in [0.1, 0.15) is 11.5 Å². The van der Waals surface area contributed by atoms with Gasteiger partial charge in [0, 0.05) is 44.2 Å². The third-order valence-electron chi connectivity index (χ3n) is 4.96. The minimum atomic E-state index is -0.356. The van der Waals surface area contributed by atoms with E-state index in [1.807, 2.05) is 53.4 Å². The minimum Gasteiger partial charge on any atom is -0.457 e. The fourth-order valence-electron chi connectivity index (χ4n) is 3.60. The molecule has 0 bridgehead atoms. The smallest absolute Gasteiger partial charge is 0.234 e. The molecule has 1 fully saturated rings. The van der Waals surface area contributed by atoms with Crippen molar-refractivity contribution >= 4 is 11.8 Å². The number of benzene rings is 2. The Morgan fingerprint density at radius 1 is 0.840 bits per heavy atom. The van der Waals surface area contributed by atoms with Crippen LogP contribution < -0.4 is 4.74 Å². The largest absolute Gasteiger partial charge is 0.457 e. The summed E-state index contributed by atoms with van der Waals surface area (Å²) in [4.78, 5) is 28.5. The fourth-order valence-corrected chi connectivity index (χ4v) is 3.60. The number of carbonyl (C=O) groups is 2. The summed E-state index contributed by atoms with van der Waals surface area (Å²) in [7, 11) is 0. The van der Waals surface area contributed by atoms with E-state index in [0.717, 1.165) is 22.6 Å². The molecule has 5 heteroatoms. The Morgan fingerprint density at radius 2 is 1.32 bits per heavy atom. The number of amides is 2. The Hall–Kier alpha value is -2.82. The molecule has 0 atom stereocenters. The summed E-state index contributed by atoms with van der Waals surface area (Å²) in [5.74, 6) is 1.26. The van der Waals surface area contributed by atoms with Crippen molar-refractivity contribution in [2.45, 2.75) is 12.8 Å². The highest BCUT2D eigenvalue weighted by Crippen LogP contribution is 2.44. The molecule has 0 aliphatic carbocycles. The summed E-state index contributed by atoms with van der Waals surface area (Å²) in [5, 5.41) is 0. The van der Waals surface area contributed by atoms with Gasteiger partial charge in [-0.15, -0.1) is 0 Å². The molecule has 2 amide bonds. The van der Waals surface area contributed by atoms with Crippen LogP contribution in [-0.2, 0) is 9.59 Å². The molecule has 0 saturated carbocycles. The van der Waals surface area contributed by atoms with Gasteiger partial charge in [-0.2, -0.15) is 0 Å². The first kappa shape index (κ1) is 15.7. The highest BCUT2D eigenvalue weighted by atomic mass is 16.5. The SMILES string of the molecule is CC(=O)N1CCN(C(=O)C2c3ccccc3Oc3ccccc32)CC1. The summed E-state index contributed by atoms with van der Waals surface area (Å²) in [6.07, 6.45) is 0. The lowest BCUT2D eigenvalue weighted by Crippen LogP contribution is -2.51. The standard InChI is InChI=1S/C20H20N2O3/c1-14(23)21-10-12-22(13-11-21)20(24)19-15-6-2-4-8-17(15)25-18-9-5-3-7-16(18)19/h2-9,19H,10-13H2,1H3. The Balaban J connectivity index is 1.66. The molecule has 0 radical (unpaired) electrons. The number of nitrogens with zero attached hydrogens (tertiary/aromatic N) is 2. The number of hydrogen-bond acceptors (Lipinski definition) is 3. The Labute approximate surface area is 146 Å². The van der Waals surface area contributed by atoms with Gasteiger partial charge in [-0.3, -0.25) is 9.59 Å². The summed E-state index contributed by atoms with van der Waals surface area (Å²) in [6, 6.07) is 15.4. The number of piperazine rings is 1. The molecule has 2 aliphatic heterocycles. The van der Waals surface area contributed by atoms with E-state index < -0.39 is 0 Å². The Morgan fingerprint density at radius 3 is 1.84 bits per heavy atom. The second-order valence-electron chi connectivity index (χ2n) is 6.44. The lowest BCUT2D eigenvalue weighted by molar-refractivity contribution is -0.138. The molecule has 0 aromatic heterocycles. The van der Waals surface area contributed by atoms with E-state index in [0.29, 0.717) is 26.2 Å². The third-order valence-corrected chi connectivity index (χ3v) is 4.96. The fraction of sp³-hybridized carbons (Fsp3) is 0.300. The van der Waals surface area contributed by atoms with E-state index in [9.17, 15) is 9.59 Å². The quantitative estimate of drug-likeness (QED) is 0.804. The molecule has 25 heavy (non-hydrogen) atoms. The van der Waals surface area contributed by atoms with Crippen LogP contribution in [0.25, 0.3) is 0 Å². The molecule has 0 unspecified atom stereocenters. The van der Waals surface area contributed by atoms with Crippen LogP contribution in [0.1, 0.15) is 24.0 Å². The van der Waals surface area contributed by atoms with Gasteiger partial charge in [-0.25, -0.2) is 0 Å². The number of hydrogen-bond donors (Lipinski definition) is 0. The molecule has 0 N–H and O–H groups in total. The second-order valence-corrected chi connectivity index (χ2v) is 6.44. The topological polar surface area (TPSA) is 49.9 Å². The van der Waals surface area contributed by atoms with Gasteiger partial charge in [0.25, 0.3) is 0 Å². The normalized spacial score (nSPS) is 16.7. The van der Waals surface area contributed by atoms with Gasteiger partial charge >= 0.3 is 0 Å². The first-order valence-corrected chi connectivity index (χ1v) is 8.55. The van der Waals surface area contributed by atoms with Crippen molar-refractivity contribution in [3.63, 3.8) is 0 Å². The van der Waals surface area contributed by atoms with Crippen molar-refractivity contribution in [3.8, 4) is 11.5 Å². The zero-order valence-electron chi connectivity index (χ0n) is 14.1. The van der Waals surface area contributed by atoms with Crippen LogP contribution in [0.15, 0.2) is 48.5 Å². The van der Waals surface area contributed by atoms with Crippen molar-refractivity contribution in [2.24, 2.45) is 0 Å². The summed E-state index contributed by atoms with van der Waals surface area (Å²) >= 11 is 0. The van der Waals surface area contributed by atoms with Crippen molar-refractivity contribution in [3.05, 3.63) is 59.7 Å². The van der Waals surface area contributed by atoms with Gasteiger partial charge in [-0.1, -0.05) is 36.4 Å². The molecule has 0 spiro atoms. The van der Waals surface area contributed by atoms with Gasteiger partial charge in [-0.05, 0) is 12.1 Å². The molecule has 2 aliphatic rings. The van der Waals surface area contributed by atoms with Crippen LogP contribution in [0.5, 0.6) is 11.5 Å². The number of rotatable bonds is 1. The molecule has 1 saturated heterocycles. The molecule has 5 nitrogen and oxygen atoms in total. The number of carbonyl (C=O) groups excluding carboxylic acids is 2. The van der Waals surface area contributed by atoms with E-state index in [1.165, 1.54) is 0 Å². The van der Waals surface area contributed by atoms with Crippen molar-refractivity contribution in [2.75, 3.05) is 26.2 Å². The van der Waals surface area contributed by atoms with E-state index >= 15 is 0 Å². The number of fused-ring (bicyclic) bond motifs is 2. The lowest BCUT2D eigenvalue weighted by atomic mass is 9.86. The summed E-state index contributed by atoms with van der Waals surface area (Å²) in [6.45, 7) is 3.89. The van der Waals surface area contributed by atoms with Crippen LogP contribution in [0.4, 0.5) is 0 Å². The first-order valence-electron chi connectivity index (χ1n) is 8.55.